The maximum absolute atomic E-state index is 12.7. The molecule has 5 heteroatoms. The van der Waals surface area contributed by atoms with Gasteiger partial charge in [0.2, 0.25) is 0 Å². The largest absolute Gasteiger partial charge is 0.357 e. The number of pyridine rings is 1. The van der Waals surface area contributed by atoms with Gasteiger partial charge in [-0.2, -0.15) is 0 Å². The van der Waals surface area contributed by atoms with Crippen LogP contribution in [0.15, 0.2) is 47.3 Å². The molecular formula is C24H27N3O2. The first kappa shape index (κ1) is 19.4. The number of carbonyl (C=O) groups is 1. The van der Waals surface area contributed by atoms with Crippen LogP contribution in [0.5, 0.6) is 0 Å². The van der Waals surface area contributed by atoms with Crippen LogP contribution in [0, 0.1) is 20.8 Å². The molecule has 3 aromatic rings. The van der Waals surface area contributed by atoms with Gasteiger partial charge in [0.25, 0.3) is 5.91 Å². The lowest BCUT2D eigenvalue weighted by Crippen LogP contribution is -2.48. The van der Waals surface area contributed by atoms with E-state index >= 15 is 0 Å². The number of fused-ring (bicyclic) bond motifs is 1. The Balaban J connectivity index is 1.45. The molecule has 0 atom stereocenters. The molecular weight excluding hydrogens is 362 g/mol. The van der Waals surface area contributed by atoms with E-state index in [1.807, 2.05) is 62.1 Å². The summed E-state index contributed by atoms with van der Waals surface area (Å²) in [4.78, 5) is 33.0. The number of nitrogens with one attached hydrogen (secondary N) is 1. The van der Waals surface area contributed by atoms with Gasteiger partial charge >= 0.3 is 0 Å². The van der Waals surface area contributed by atoms with Gasteiger partial charge in [-0.1, -0.05) is 23.8 Å². The monoisotopic (exact) mass is 389 g/mol. The van der Waals surface area contributed by atoms with E-state index in [0.717, 1.165) is 51.9 Å². The van der Waals surface area contributed by atoms with Crippen LogP contribution in [-0.4, -0.2) is 46.9 Å². The number of carbonyl (C=O) groups excluding carboxylic acids is 1. The van der Waals surface area contributed by atoms with Crippen molar-refractivity contribution in [3.05, 3.63) is 80.6 Å². The molecule has 4 rings (SSSR count). The highest BCUT2D eigenvalue weighted by Crippen LogP contribution is 2.17. The maximum atomic E-state index is 12.7. The van der Waals surface area contributed by atoms with Crippen molar-refractivity contribution in [1.29, 1.82) is 0 Å². The summed E-state index contributed by atoms with van der Waals surface area (Å²) in [5.74, 6) is 0.0958. The van der Waals surface area contributed by atoms with Crippen LogP contribution < -0.4 is 5.43 Å². The number of H-pyrrole nitrogens is 1. The minimum Gasteiger partial charge on any atom is -0.357 e. The third kappa shape index (κ3) is 4.10. The lowest BCUT2D eigenvalue weighted by atomic mass is 10.1. The standard InChI is InChI=1S/C24H27N3O2/c1-16-5-4-6-19(12-16)24(29)27-9-7-26(8-10-27)15-20-14-22(28)23-18(3)11-17(2)13-21(23)25-20/h4-6,11-14H,7-10,15H2,1-3H3,(H,25,28). The molecule has 0 spiro atoms. The van der Waals surface area contributed by atoms with Crippen LogP contribution >= 0.6 is 0 Å². The van der Waals surface area contributed by atoms with Gasteiger partial charge in [-0.05, 0) is 50.1 Å². The van der Waals surface area contributed by atoms with Gasteiger partial charge in [0, 0.05) is 55.4 Å². The molecule has 5 nitrogen and oxygen atoms in total. The molecule has 1 saturated heterocycles. The predicted octanol–water partition coefficient (Wildman–Crippen LogP) is 3.41. The van der Waals surface area contributed by atoms with Gasteiger partial charge in [0.1, 0.15) is 0 Å². The summed E-state index contributed by atoms with van der Waals surface area (Å²) in [5.41, 5.74) is 5.90. The fourth-order valence-electron chi connectivity index (χ4n) is 4.23. The average Bonchev–Trinajstić information content (AvgIpc) is 2.67. The summed E-state index contributed by atoms with van der Waals surface area (Å²) < 4.78 is 0. The van der Waals surface area contributed by atoms with Crippen LogP contribution in [0.4, 0.5) is 0 Å². The smallest absolute Gasteiger partial charge is 0.253 e. The Bertz CT molecular complexity index is 1120. The highest BCUT2D eigenvalue weighted by Gasteiger charge is 2.22. The first-order chi connectivity index (χ1) is 13.9. The Labute approximate surface area is 171 Å². The molecule has 1 N–H and O–H groups in total. The number of benzene rings is 2. The van der Waals surface area contributed by atoms with Gasteiger partial charge in [0.15, 0.2) is 5.43 Å². The zero-order valence-corrected chi connectivity index (χ0v) is 17.3. The molecule has 0 bridgehead atoms. The molecule has 0 aliphatic carbocycles. The highest BCUT2D eigenvalue weighted by atomic mass is 16.2. The molecule has 1 fully saturated rings. The van der Waals surface area contributed by atoms with Crippen molar-refractivity contribution in [2.24, 2.45) is 0 Å². The molecule has 0 unspecified atom stereocenters. The number of hydrogen-bond acceptors (Lipinski definition) is 3. The number of aromatic amines is 1. The van der Waals surface area contributed by atoms with E-state index in [2.05, 4.69) is 9.88 Å². The van der Waals surface area contributed by atoms with Crippen molar-refractivity contribution in [2.75, 3.05) is 26.2 Å². The topological polar surface area (TPSA) is 56.4 Å². The second-order valence-electron chi connectivity index (χ2n) is 8.10. The summed E-state index contributed by atoms with van der Waals surface area (Å²) in [6, 6.07) is 13.5. The van der Waals surface area contributed by atoms with E-state index in [1.54, 1.807) is 6.07 Å². The first-order valence-corrected chi connectivity index (χ1v) is 10.1. The Kier molecular flexibility index (Phi) is 5.24. The molecule has 0 radical (unpaired) electrons. The van der Waals surface area contributed by atoms with Crippen LogP contribution in [0.2, 0.25) is 0 Å². The first-order valence-electron chi connectivity index (χ1n) is 10.1. The minimum atomic E-state index is 0.0690. The molecule has 29 heavy (non-hydrogen) atoms. The van der Waals surface area contributed by atoms with Crippen LogP contribution in [0.3, 0.4) is 0 Å². The van der Waals surface area contributed by atoms with Crippen LogP contribution in [0.25, 0.3) is 10.9 Å². The van der Waals surface area contributed by atoms with Crippen molar-refractivity contribution in [3.63, 3.8) is 0 Å². The quantitative estimate of drug-likeness (QED) is 0.747. The van der Waals surface area contributed by atoms with Crippen LogP contribution in [0.1, 0.15) is 32.7 Å². The second kappa shape index (κ2) is 7.84. The fraction of sp³-hybridized carbons (Fsp3) is 0.333. The van der Waals surface area contributed by atoms with E-state index in [1.165, 1.54) is 0 Å². The number of hydrogen-bond donors (Lipinski definition) is 1. The van der Waals surface area contributed by atoms with E-state index in [0.29, 0.717) is 19.6 Å². The fourth-order valence-corrected chi connectivity index (χ4v) is 4.23. The van der Waals surface area contributed by atoms with Gasteiger partial charge in [-0.25, -0.2) is 0 Å². The molecule has 1 amide bonds. The molecule has 1 aliphatic rings. The number of aromatic nitrogens is 1. The van der Waals surface area contributed by atoms with Gasteiger partial charge in [0.05, 0.1) is 5.52 Å². The number of piperazine rings is 1. The molecule has 1 aliphatic heterocycles. The third-order valence-electron chi connectivity index (χ3n) is 5.65. The van der Waals surface area contributed by atoms with Crippen molar-refractivity contribution in [1.82, 2.24) is 14.8 Å². The predicted molar refractivity (Wildman–Crippen MR) is 116 cm³/mol. The number of aryl methyl sites for hydroxylation is 3. The Morgan fingerprint density at radius 1 is 0.966 bits per heavy atom. The van der Waals surface area contributed by atoms with Crippen LogP contribution in [-0.2, 0) is 6.54 Å². The van der Waals surface area contributed by atoms with Crippen molar-refractivity contribution >= 4 is 16.8 Å². The summed E-state index contributed by atoms with van der Waals surface area (Å²) >= 11 is 0. The van der Waals surface area contributed by atoms with Gasteiger partial charge < -0.3 is 9.88 Å². The normalized spacial score (nSPS) is 15.1. The minimum absolute atomic E-state index is 0.0690. The Morgan fingerprint density at radius 3 is 2.45 bits per heavy atom. The molecule has 150 valence electrons. The third-order valence-corrected chi connectivity index (χ3v) is 5.65. The summed E-state index contributed by atoms with van der Waals surface area (Å²) in [6.45, 7) is 9.70. The summed E-state index contributed by atoms with van der Waals surface area (Å²) in [7, 11) is 0. The van der Waals surface area contributed by atoms with Gasteiger partial charge in [-0.15, -0.1) is 0 Å². The zero-order chi connectivity index (χ0) is 20.5. The Hall–Kier alpha value is -2.92. The highest BCUT2D eigenvalue weighted by molar-refractivity contribution is 5.94. The second-order valence-corrected chi connectivity index (χ2v) is 8.10. The zero-order valence-electron chi connectivity index (χ0n) is 17.3. The number of rotatable bonds is 3. The molecule has 2 heterocycles. The lowest BCUT2D eigenvalue weighted by Gasteiger charge is -2.34. The summed E-state index contributed by atoms with van der Waals surface area (Å²) in [6.07, 6.45) is 0. The average molecular weight is 389 g/mol. The van der Waals surface area contributed by atoms with Crippen molar-refractivity contribution < 1.29 is 4.79 Å². The molecule has 1 aromatic heterocycles. The Morgan fingerprint density at radius 2 is 1.72 bits per heavy atom. The number of amides is 1. The van der Waals surface area contributed by atoms with Gasteiger partial charge in [-0.3, -0.25) is 14.5 Å². The SMILES string of the molecule is Cc1cccc(C(=O)N2CCN(Cc3cc(=O)c4c(C)cc(C)cc4[nH]3)CC2)c1. The van der Waals surface area contributed by atoms with Crippen molar-refractivity contribution in [3.8, 4) is 0 Å². The maximum Gasteiger partial charge on any atom is 0.253 e. The number of nitrogens with zero attached hydrogens (tertiary/aromatic N) is 2. The van der Waals surface area contributed by atoms with E-state index in [-0.39, 0.29) is 11.3 Å². The summed E-state index contributed by atoms with van der Waals surface area (Å²) in [5, 5.41) is 0.771. The van der Waals surface area contributed by atoms with E-state index in [4.69, 9.17) is 0 Å². The molecule has 2 aromatic carbocycles. The molecule has 0 saturated carbocycles. The lowest BCUT2D eigenvalue weighted by molar-refractivity contribution is 0.0627. The van der Waals surface area contributed by atoms with E-state index < -0.39 is 0 Å². The van der Waals surface area contributed by atoms with E-state index in [9.17, 15) is 9.59 Å². The van der Waals surface area contributed by atoms with Crippen molar-refractivity contribution in [2.45, 2.75) is 27.3 Å².